The van der Waals surface area contributed by atoms with Gasteiger partial charge in [-0.15, -0.1) is 0 Å². The number of hydrogen-bond acceptors (Lipinski definition) is 16. The van der Waals surface area contributed by atoms with Crippen LogP contribution in [0.3, 0.4) is 0 Å². The third-order valence-corrected chi connectivity index (χ3v) is 16.7. The maximum absolute atomic E-state index is 14.6. The number of hydrogen-bond donors (Lipinski definition) is 0. The van der Waals surface area contributed by atoms with E-state index < -0.39 is 104 Å². The number of esters is 2. The Hall–Kier alpha value is -6.22. The molecule has 4 saturated heterocycles. The van der Waals surface area contributed by atoms with Gasteiger partial charge in [0.15, 0.2) is 31.1 Å². The molecule has 16 nitrogen and oxygen atoms in total. The predicted octanol–water partition coefficient (Wildman–Crippen LogP) is 11.2. The molecule has 86 heavy (non-hydrogen) atoms. The minimum Gasteiger partial charge on any atom is -0.467 e. The van der Waals surface area contributed by atoms with Crippen molar-refractivity contribution in [1.29, 1.82) is 0 Å². The molecule has 5 aliphatic rings. The Morgan fingerprint density at radius 1 is 0.535 bits per heavy atom. The molecule has 0 amide bonds. The summed E-state index contributed by atoms with van der Waals surface area (Å²) < 4.78 is 95.4. The van der Waals surface area contributed by atoms with Crippen LogP contribution >= 0.6 is 0 Å². The SMILES string of the molecule is COC(=O)[C@H](CC1CCCCC1)O[C@H]1[C@H]2O[C@@H](c3ccccc3)OC[C@H]2O[C@@H](O[C@@H]2CCO[C@H](COCc3ccccc3)[C@H]2O[C@@H]2O[C@@H](C)[C@@H](OCc3ccccc3)[C@@H](OCc3ccccc3)[C@@H]2OCc2ccccc2)[C@@H]1OC(=O)c1ccccc1. The van der Waals surface area contributed by atoms with Gasteiger partial charge >= 0.3 is 11.9 Å². The quantitative estimate of drug-likeness (QED) is 0.0497. The monoisotopic (exact) mass is 1180 g/mol. The van der Waals surface area contributed by atoms with E-state index in [1.165, 1.54) is 7.11 Å². The van der Waals surface area contributed by atoms with Crippen molar-refractivity contribution in [3.05, 3.63) is 215 Å². The van der Waals surface area contributed by atoms with Crippen LogP contribution in [0.5, 0.6) is 0 Å². The van der Waals surface area contributed by atoms with Gasteiger partial charge in [0.05, 0.1) is 64.5 Å². The highest BCUT2D eigenvalue weighted by Gasteiger charge is 2.57. The second kappa shape index (κ2) is 31.1. The summed E-state index contributed by atoms with van der Waals surface area (Å²) in [5.41, 5.74) is 4.92. The molecule has 15 atom stereocenters. The fourth-order valence-corrected chi connectivity index (χ4v) is 12.2. The molecule has 16 heteroatoms. The van der Waals surface area contributed by atoms with Crippen LogP contribution in [0, 0.1) is 5.92 Å². The van der Waals surface area contributed by atoms with E-state index in [0.717, 1.165) is 59.9 Å². The van der Waals surface area contributed by atoms with Crippen LogP contribution < -0.4 is 0 Å². The van der Waals surface area contributed by atoms with Gasteiger partial charge in [0, 0.05) is 12.2 Å². The first-order valence-electron chi connectivity index (χ1n) is 30.5. The minimum atomic E-state index is -1.35. The van der Waals surface area contributed by atoms with E-state index in [1.807, 2.05) is 165 Å². The van der Waals surface area contributed by atoms with Crippen LogP contribution in [0.25, 0.3) is 0 Å². The van der Waals surface area contributed by atoms with E-state index in [2.05, 4.69) is 0 Å². The minimum absolute atomic E-state index is 0.0462. The van der Waals surface area contributed by atoms with Crippen molar-refractivity contribution in [3.63, 3.8) is 0 Å². The molecular weight excluding hydrogens is 1100 g/mol. The Morgan fingerprint density at radius 3 is 1.69 bits per heavy atom. The van der Waals surface area contributed by atoms with Crippen molar-refractivity contribution < 1.29 is 75.9 Å². The normalized spacial score (nSPS) is 29.0. The lowest BCUT2D eigenvalue weighted by molar-refractivity contribution is -0.386. The maximum Gasteiger partial charge on any atom is 0.338 e. The standard InChI is InChI=1S/C70H80O16/c1-47-59(76-42-50-28-14-5-15-29-50)62(77-43-51-30-16-6-17-31-51)64(78-44-52-32-18-7-19-33-52)69(80-47)85-60-55(38-39-75-57(60)45-74-41-49-26-12-4-13-27-49)82-70-65(84-66(71)53-34-20-8-21-35-53)63(81-56(67(72)73-2)40-48-24-10-3-11-25-48)61-58(83-70)46-79-68(86-61)54-36-22-9-23-37-54/h4-9,12-23,26-37,47-48,55-65,68-70H,3,10-11,24-25,38-46H2,1-2H3/t47-,55+,56-,57+,58+,59+,60-,61-,62+,63-,64-,65+,68-,69-,70+/m0/s1. The molecule has 6 aromatic rings. The number of rotatable bonds is 25. The first-order chi connectivity index (χ1) is 42.3. The van der Waals surface area contributed by atoms with E-state index in [9.17, 15) is 9.59 Å². The molecule has 1 saturated carbocycles. The molecule has 0 spiro atoms. The van der Waals surface area contributed by atoms with E-state index in [-0.39, 0.29) is 44.5 Å². The number of benzene rings is 6. The summed E-state index contributed by atoms with van der Waals surface area (Å²) >= 11 is 0. The first-order valence-corrected chi connectivity index (χ1v) is 30.5. The number of carbonyl (C=O) groups excluding carboxylic acids is 2. The molecule has 11 rings (SSSR count). The van der Waals surface area contributed by atoms with Gasteiger partial charge in [0.25, 0.3) is 0 Å². The topological polar surface area (TPSA) is 163 Å². The van der Waals surface area contributed by atoms with E-state index >= 15 is 0 Å². The van der Waals surface area contributed by atoms with Gasteiger partial charge in [-0.1, -0.05) is 202 Å². The molecule has 0 aromatic heterocycles. The van der Waals surface area contributed by atoms with Crippen LogP contribution in [0.1, 0.15) is 96.3 Å². The summed E-state index contributed by atoms with van der Waals surface area (Å²) in [7, 11) is 1.36. The highest BCUT2D eigenvalue weighted by Crippen LogP contribution is 2.41. The van der Waals surface area contributed by atoms with Crippen LogP contribution in [-0.4, -0.2) is 125 Å². The predicted molar refractivity (Wildman–Crippen MR) is 316 cm³/mol. The first kappa shape index (κ1) is 61.4. The highest BCUT2D eigenvalue weighted by molar-refractivity contribution is 5.89. The van der Waals surface area contributed by atoms with E-state index in [0.29, 0.717) is 26.1 Å². The third kappa shape index (κ3) is 16.3. The van der Waals surface area contributed by atoms with E-state index in [4.69, 9.17) is 66.3 Å². The van der Waals surface area contributed by atoms with Crippen molar-refractivity contribution in [2.75, 3.05) is 26.9 Å². The smallest absolute Gasteiger partial charge is 0.338 e. The summed E-state index contributed by atoms with van der Waals surface area (Å²) in [5, 5.41) is 0. The maximum atomic E-state index is 14.6. The molecule has 456 valence electrons. The number of carbonyl (C=O) groups is 2. The lowest BCUT2D eigenvalue weighted by atomic mass is 9.85. The lowest BCUT2D eigenvalue weighted by Gasteiger charge is -2.51. The summed E-state index contributed by atoms with van der Waals surface area (Å²) in [6.45, 7) is 3.37. The molecular formula is C70H80O16. The molecule has 4 heterocycles. The van der Waals surface area contributed by atoms with Gasteiger partial charge < -0.3 is 66.3 Å². The van der Waals surface area contributed by atoms with Crippen LogP contribution in [0.2, 0.25) is 0 Å². The Balaban J connectivity index is 0.955. The molecule has 0 radical (unpaired) electrons. The Bertz CT molecular complexity index is 2940. The Kier molecular flexibility index (Phi) is 22.2. The second-order valence-corrected chi connectivity index (χ2v) is 22.8. The molecule has 0 unspecified atom stereocenters. The zero-order valence-corrected chi connectivity index (χ0v) is 49.0. The average Bonchev–Trinajstić information content (AvgIpc) is 1.47. The van der Waals surface area contributed by atoms with Crippen molar-refractivity contribution in [3.8, 4) is 0 Å². The summed E-state index contributed by atoms with van der Waals surface area (Å²) in [5.74, 6) is -1.00. The molecule has 0 N–H and O–H groups in total. The average molecular weight is 1180 g/mol. The third-order valence-electron chi connectivity index (χ3n) is 16.7. The van der Waals surface area contributed by atoms with Gasteiger partial charge in [-0.25, -0.2) is 9.59 Å². The highest BCUT2D eigenvalue weighted by atomic mass is 16.8. The fourth-order valence-electron chi connectivity index (χ4n) is 12.2. The zero-order chi connectivity index (χ0) is 58.9. The van der Waals surface area contributed by atoms with Crippen LogP contribution in [-0.2, 0) is 97.5 Å². The van der Waals surface area contributed by atoms with Gasteiger partial charge in [0.1, 0.15) is 48.8 Å². The summed E-state index contributed by atoms with van der Waals surface area (Å²) in [6.07, 6.45) is -8.13. The Labute approximate surface area is 504 Å². The van der Waals surface area contributed by atoms with Crippen molar-refractivity contribution >= 4 is 11.9 Å². The molecule has 1 aliphatic carbocycles. The van der Waals surface area contributed by atoms with E-state index in [1.54, 1.807) is 24.3 Å². The van der Waals surface area contributed by atoms with Gasteiger partial charge in [-0.05, 0) is 60.1 Å². The van der Waals surface area contributed by atoms with Gasteiger partial charge in [-0.2, -0.15) is 0 Å². The number of ether oxygens (including phenoxy) is 14. The van der Waals surface area contributed by atoms with Crippen molar-refractivity contribution in [2.45, 2.75) is 170 Å². The molecule has 5 fully saturated rings. The Morgan fingerprint density at radius 2 is 1.08 bits per heavy atom. The largest absolute Gasteiger partial charge is 0.467 e. The molecule has 0 bridgehead atoms. The van der Waals surface area contributed by atoms with Crippen LogP contribution in [0.4, 0.5) is 0 Å². The molecule has 6 aromatic carbocycles. The van der Waals surface area contributed by atoms with Gasteiger partial charge in [0.2, 0.25) is 0 Å². The van der Waals surface area contributed by atoms with Gasteiger partial charge in [-0.3, -0.25) is 0 Å². The number of fused-ring (bicyclic) bond motifs is 1. The second-order valence-electron chi connectivity index (χ2n) is 22.8. The lowest BCUT2D eigenvalue weighted by Crippen LogP contribution is -2.66. The van der Waals surface area contributed by atoms with Crippen LogP contribution in [0.15, 0.2) is 182 Å². The summed E-state index contributed by atoms with van der Waals surface area (Å²) in [4.78, 5) is 28.7. The number of methoxy groups -OCH3 is 1. The molecule has 4 aliphatic heterocycles. The fraction of sp³-hybridized carbons (Fsp3) is 0.457. The zero-order valence-electron chi connectivity index (χ0n) is 49.0. The summed E-state index contributed by atoms with van der Waals surface area (Å²) in [6, 6.07) is 58.0. The van der Waals surface area contributed by atoms with Crippen molar-refractivity contribution in [2.24, 2.45) is 5.92 Å². The van der Waals surface area contributed by atoms with Crippen molar-refractivity contribution in [1.82, 2.24) is 0 Å².